The third-order valence-electron chi connectivity index (χ3n) is 2.53. The Bertz CT molecular complexity index is 572. The molecule has 0 aliphatic carbocycles. The van der Waals surface area contributed by atoms with E-state index in [4.69, 9.17) is 10.5 Å². The van der Waals surface area contributed by atoms with Gasteiger partial charge in [-0.1, -0.05) is 12.1 Å². The molecule has 1 aromatic heterocycles. The van der Waals surface area contributed by atoms with Gasteiger partial charge in [-0.3, -0.25) is 0 Å². The third-order valence-corrected chi connectivity index (χ3v) is 3.30. The Kier molecular flexibility index (Phi) is 3.72. The van der Waals surface area contributed by atoms with E-state index in [0.29, 0.717) is 17.5 Å². The standard InChI is InChI=1S/C13H15N3OS/c1-8-12(14)15-9(2)16-13(8)17-10-6-4-5-7-11(10)18-3/h4-7H,1-3H3,(H2,14,15,16). The van der Waals surface area contributed by atoms with Crippen molar-refractivity contribution in [2.24, 2.45) is 0 Å². The highest BCUT2D eigenvalue weighted by Crippen LogP contribution is 2.32. The van der Waals surface area contributed by atoms with Gasteiger partial charge in [0.1, 0.15) is 17.4 Å². The maximum Gasteiger partial charge on any atom is 0.227 e. The highest BCUT2D eigenvalue weighted by atomic mass is 32.2. The molecule has 0 radical (unpaired) electrons. The highest BCUT2D eigenvalue weighted by Gasteiger charge is 2.10. The third kappa shape index (κ3) is 2.56. The van der Waals surface area contributed by atoms with Crippen LogP contribution in [0.15, 0.2) is 29.2 Å². The van der Waals surface area contributed by atoms with Crippen molar-refractivity contribution in [1.29, 1.82) is 0 Å². The van der Waals surface area contributed by atoms with Crippen molar-refractivity contribution < 1.29 is 4.74 Å². The van der Waals surface area contributed by atoms with Gasteiger partial charge >= 0.3 is 0 Å². The van der Waals surface area contributed by atoms with Gasteiger partial charge in [-0.2, -0.15) is 4.98 Å². The molecule has 0 spiro atoms. The average molecular weight is 261 g/mol. The van der Waals surface area contributed by atoms with Gasteiger partial charge in [-0.25, -0.2) is 4.98 Å². The number of benzene rings is 1. The van der Waals surface area contributed by atoms with E-state index in [2.05, 4.69) is 9.97 Å². The lowest BCUT2D eigenvalue weighted by Crippen LogP contribution is -2.02. The Morgan fingerprint density at radius 3 is 2.61 bits per heavy atom. The number of nitrogen functional groups attached to an aromatic ring is 1. The van der Waals surface area contributed by atoms with Gasteiger partial charge in [-0.05, 0) is 32.2 Å². The SMILES string of the molecule is CSc1ccccc1Oc1nc(C)nc(N)c1C. The molecule has 0 unspecified atom stereocenters. The minimum absolute atomic E-state index is 0.458. The molecule has 2 aromatic rings. The summed E-state index contributed by atoms with van der Waals surface area (Å²) in [7, 11) is 0. The molecule has 1 heterocycles. The van der Waals surface area contributed by atoms with Gasteiger partial charge < -0.3 is 10.5 Å². The largest absolute Gasteiger partial charge is 0.437 e. The lowest BCUT2D eigenvalue weighted by atomic mass is 10.3. The van der Waals surface area contributed by atoms with E-state index >= 15 is 0 Å². The zero-order chi connectivity index (χ0) is 13.1. The number of ether oxygens (including phenoxy) is 1. The van der Waals surface area contributed by atoms with Crippen LogP contribution in [0.4, 0.5) is 5.82 Å². The molecule has 0 bridgehead atoms. The van der Waals surface area contributed by atoms with Crippen LogP contribution in [0.2, 0.25) is 0 Å². The van der Waals surface area contributed by atoms with Gasteiger partial charge in [0, 0.05) is 4.90 Å². The van der Waals surface area contributed by atoms with Crippen molar-refractivity contribution in [3.05, 3.63) is 35.7 Å². The van der Waals surface area contributed by atoms with Gasteiger partial charge in [0.05, 0.1) is 5.56 Å². The molecule has 0 atom stereocenters. The number of nitrogens with zero attached hydrogens (tertiary/aromatic N) is 2. The number of para-hydroxylation sites is 1. The Balaban J connectivity index is 2.40. The van der Waals surface area contributed by atoms with Crippen molar-refractivity contribution >= 4 is 17.6 Å². The molecule has 0 aliphatic heterocycles. The highest BCUT2D eigenvalue weighted by molar-refractivity contribution is 7.98. The molecule has 0 aliphatic rings. The fourth-order valence-corrected chi connectivity index (χ4v) is 2.06. The van der Waals surface area contributed by atoms with Crippen LogP contribution in [-0.2, 0) is 0 Å². The van der Waals surface area contributed by atoms with Crippen LogP contribution in [0, 0.1) is 13.8 Å². The minimum Gasteiger partial charge on any atom is -0.437 e. The lowest BCUT2D eigenvalue weighted by molar-refractivity contribution is 0.446. The number of hydrogen-bond acceptors (Lipinski definition) is 5. The summed E-state index contributed by atoms with van der Waals surface area (Å²) >= 11 is 1.63. The molecule has 1 aromatic carbocycles. The summed E-state index contributed by atoms with van der Waals surface area (Å²) in [4.78, 5) is 9.44. The first kappa shape index (κ1) is 12.7. The second-order valence-corrected chi connectivity index (χ2v) is 4.69. The Morgan fingerprint density at radius 1 is 1.17 bits per heavy atom. The summed E-state index contributed by atoms with van der Waals surface area (Å²) in [5, 5.41) is 0. The number of aryl methyl sites for hydroxylation is 1. The van der Waals surface area contributed by atoms with Crippen molar-refractivity contribution in [2.45, 2.75) is 18.7 Å². The topological polar surface area (TPSA) is 61.0 Å². The summed E-state index contributed by atoms with van der Waals surface area (Å²) in [6.45, 7) is 3.65. The van der Waals surface area contributed by atoms with E-state index < -0.39 is 0 Å². The molecule has 4 nitrogen and oxygen atoms in total. The molecular formula is C13H15N3OS. The van der Waals surface area contributed by atoms with Crippen molar-refractivity contribution in [1.82, 2.24) is 9.97 Å². The first-order valence-electron chi connectivity index (χ1n) is 5.53. The molecule has 2 N–H and O–H groups in total. The summed E-state index contributed by atoms with van der Waals surface area (Å²) in [5.41, 5.74) is 6.57. The lowest BCUT2D eigenvalue weighted by Gasteiger charge is -2.11. The van der Waals surface area contributed by atoms with Gasteiger partial charge in [0.25, 0.3) is 0 Å². The summed E-state index contributed by atoms with van der Waals surface area (Å²) in [6, 6.07) is 7.83. The van der Waals surface area contributed by atoms with Crippen LogP contribution in [0.25, 0.3) is 0 Å². The van der Waals surface area contributed by atoms with Crippen LogP contribution in [0.5, 0.6) is 11.6 Å². The van der Waals surface area contributed by atoms with Crippen LogP contribution >= 0.6 is 11.8 Å². The molecule has 2 rings (SSSR count). The molecule has 0 amide bonds. The fourth-order valence-electron chi connectivity index (χ4n) is 1.53. The second-order valence-electron chi connectivity index (χ2n) is 3.84. The van der Waals surface area contributed by atoms with Gasteiger partial charge in [-0.15, -0.1) is 11.8 Å². The minimum atomic E-state index is 0.458. The average Bonchev–Trinajstić information content (AvgIpc) is 2.36. The quantitative estimate of drug-likeness (QED) is 0.860. The second kappa shape index (κ2) is 5.27. The number of rotatable bonds is 3. The number of aromatic nitrogens is 2. The number of nitrogens with two attached hydrogens (primary N) is 1. The number of hydrogen-bond donors (Lipinski definition) is 1. The monoisotopic (exact) mass is 261 g/mol. The van der Waals surface area contributed by atoms with E-state index in [1.807, 2.05) is 37.4 Å². The predicted octanol–water partition coefficient (Wildman–Crippen LogP) is 3.19. The fraction of sp³-hybridized carbons (Fsp3) is 0.231. The van der Waals surface area contributed by atoms with Gasteiger partial charge in [0.2, 0.25) is 5.88 Å². The molecular weight excluding hydrogens is 246 g/mol. The molecule has 94 valence electrons. The number of thioether (sulfide) groups is 1. The Labute approximate surface area is 111 Å². The smallest absolute Gasteiger partial charge is 0.227 e. The predicted molar refractivity (Wildman–Crippen MR) is 74.2 cm³/mol. The van der Waals surface area contributed by atoms with E-state index in [9.17, 15) is 0 Å². The summed E-state index contributed by atoms with van der Waals surface area (Å²) in [6.07, 6.45) is 2.01. The zero-order valence-corrected chi connectivity index (χ0v) is 11.4. The van der Waals surface area contributed by atoms with Crippen molar-refractivity contribution in [3.63, 3.8) is 0 Å². The van der Waals surface area contributed by atoms with E-state index in [1.54, 1.807) is 18.7 Å². The van der Waals surface area contributed by atoms with E-state index in [0.717, 1.165) is 16.2 Å². The van der Waals surface area contributed by atoms with Gasteiger partial charge in [0.15, 0.2) is 0 Å². The van der Waals surface area contributed by atoms with Crippen LogP contribution in [0.3, 0.4) is 0 Å². The Hall–Kier alpha value is -1.75. The summed E-state index contributed by atoms with van der Waals surface area (Å²) < 4.78 is 5.84. The maximum atomic E-state index is 5.84. The Morgan fingerprint density at radius 2 is 1.89 bits per heavy atom. The normalized spacial score (nSPS) is 10.4. The van der Waals surface area contributed by atoms with E-state index in [1.165, 1.54) is 0 Å². The molecule has 0 saturated carbocycles. The number of anilines is 1. The van der Waals surface area contributed by atoms with Crippen molar-refractivity contribution in [2.75, 3.05) is 12.0 Å². The molecule has 5 heteroatoms. The first-order valence-corrected chi connectivity index (χ1v) is 6.76. The van der Waals surface area contributed by atoms with Crippen LogP contribution < -0.4 is 10.5 Å². The van der Waals surface area contributed by atoms with Crippen LogP contribution in [-0.4, -0.2) is 16.2 Å². The van der Waals surface area contributed by atoms with E-state index in [-0.39, 0.29) is 0 Å². The first-order chi connectivity index (χ1) is 8.61. The van der Waals surface area contributed by atoms with Crippen LogP contribution in [0.1, 0.15) is 11.4 Å². The summed E-state index contributed by atoms with van der Waals surface area (Å²) in [5.74, 6) is 2.36. The zero-order valence-electron chi connectivity index (χ0n) is 10.6. The molecule has 0 fully saturated rings. The molecule has 18 heavy (non-hydrogen) atoms. The van der Waals surface area contributed by atoms with Crippen molar-refractivity contribution in [3.8, 4) is 11.6 Å². The molecule has 0 saturated heterocycles. The maximum absolute atomic E-state index is 5.84.